The second-order valence-corrected chi connectivity index (χ2v) is 9.23. The smallest absolute Gasteiger partial charge is 0.256 e. The van der Waals surface area contributed by atoms with E-state index in [1.54, 1.807) is 38.3 Å². The molecule has 0 radical (unpaired) electrons. The number of anilines is 2. The second kappa shape index (κ2) is 8.44. The molecule has 2 aliphatic rings. The van der Waals surface area contributed by atoms with Crippen LogP contribution in [0.4, 0.5) is 10.8 Å². The molecular weight excluding hydrogens is 438 g/mol. The number of likely N-dealkylation sites (tertiary alicyclic amines) is 1. The Labute approximate surface area is 195 Å². The molecule has 3 amide bonds. The molecule has 3 atom stereocenters. The van der Waals surface area contributed by atoms with E-state index in [2.05, 4.69) is 4.98 Å². The molecule has 0 saturated carbocycles. The van der Waals surface area contributed by atoms with E-state index in [9.17, 15) is 14.4 Å². The van der Waals surface area contributed by atoms with E-state index in [1.807, 2.05) is 36.4 Å². The molecule has 33 heavy (non-hydrogen) atoms. The molecule has 2 heterocycles. The Morgan fingerprint density at radius 2 is 1.79 bits per heavy atom. The van der Waals surface area contributed by atoms with Gasteiger partial charge in [0.25, 0.3) is 5.91 Å². The quantitative estimate of drug-likeness (QED) is 0.418. The zero-order valence-electron chi connectivity index (χ0n) is 18.3. The van der Waals surface area contributed by atoms with E-state index in [1.165, 1.54) is 16.2 Å². The number of imide groups is 1. The number of carbonyl (C=O) groups excluding carboxylic acids is 3. The summed E-state index contributed by atoms with van der Waals surface area (Å²) in [4.78, 5) is 47.4. The first-order valence-electron chi connectivity index (χ1n) is 10.8. The number of ether oxygens (including phenoxy) is 1. The summed E-state index contributed by atoms with van der Waals surface area (Å²) in [6.45, 7) is 1.61. The predicted octanol–water partition coefficient (Wildman–Crippen LogP) is 4.31. The first-order chi connectivity index (χ1) is 16.0. The lowest BCUT2D eigenvalue weighted by atomic mass is 9.85. The molecule has 1 saturated heterocycles. The number of aromatic nitrogens is 1. The molecule has 168 valence electrons. The SMILES string of the molecule is COc1cccc(N(C(=O)[C@H](C)N2C(=O)C3CC=CCC3C2=O)c2nc3ccccc3s2)c1. The number of methoxy groups -OCH3 is 1. The molecular formula is C25H23N3O4S. The number of nitrogens with zero attached hydrogens (tertiary/aromatic N) is 3. The lowest BCUT2D eigenvalue weighted by Crippen LogP contribution is -2.48. The van der Waals surface area contributed by atoms with Crippen molar-refractivity contribution in [1.82, 2.24) is 9.88 Å². The van der Waals surface area contributed by atoms with E-state index in [4.69, 9.17) is 4.74 Å². The van der Waals surface area contributed by atoms with Crippen LogP contribution in [0, 0.1) is 11.8 Å². The van der Waals surface area contributed by atoms with Crippen molar-refractivity contribution in [3.63, 3.8) is 0 Å². The van der Waals surface area contributed by atoms with Gasteiger partial charge in [-0.1, -0.05) is 41.7 Å². The summed E-state index contributed by atoms with van der Waals surface area (Å²) in [7, 11) is 1.56. The molecule has 7 nitrogen and oxygen atoms in total. The summed E-state index contributed by atoms with van der Waals surface area (Å²) in [6, 6.07) is 13.8. The van der Waals surface area contributed by atoms with E-state index in [0.29, 0.717) is 29.4 Å². The summed E-state index contributed by atoms with van der Waals surface area (Å²) >= 11 is 1.38. The minimum absolute atomic E-state index is 0.273. The number of rotatable bonds is 5. The lowest BCUT2D eigenvalue weighted by Gasteiger charge is -2.28. The molecule has 1 aliphatic heterocycles. The van der Waals surface area contributed by atoms with Crippen molar-refractivity contribution < 1.29 is 19.1 Å². The van der Waals surface area contributed by atoms with Crippen LogP contribution in [0.15, 0.2) is 60.7 Å². The molecule has 5 rings (SSSR count). The van der Waals surface area contributed by atoms with E-state index in [-0.39, 0.29) is 23.7 Å². The normalized spacial score (nSPS) is 20.7. The number of carbonyl (C=O) groups is 3. The highest BCUT2D eigenvalue weighted by atomic mass is 32.1. The van der Waals surface area contributed by atoms with Gasteiger partial charge in [-0.3, -0.25) is 24.2 Å². The third-order valence-electron chi connectivity index (χ3n) is 6.29. The zero-order valence-corrected chi connectivity index (χ0v) is 19.1. The average Bonchev–Trinajstić information content (AvgIpc) is 3.37. The van der Waals surface area contributed by atoms with Crippen LogP contribution in [0.2, 0.25) is 0 Å². The number of fused-ring (bicyclic) bond motifs is 2. The number of amides is 3. The Morgan fingerprint density at radius 3 is 2.45 bits per heavy atom. The topological polar surface area (TPSA) is 79.8 Å². The van der Waals surface area contributed by atoms with Gasteiger partial charge in [0.1, 0.15) is 11.8 Å². The minimum Gasteiger partial charge on any atom is -0.497 e. The number of thiazole rings is 1. The average molecular weight is 462 g/mol. The van der Waals surface area contributed by atoms with Crippen LogP contribution in [-0.4, -0.2) is 40.8 Å². The van der Waals surface area contributed by atoms with Gasteiger partial charge < -0.3 is 4.74 Å². The van der Waals surface area contributed by atoms with E-state index >= 15 is 0 Å². The van der Waals surface area contributed by atoms with Gasteiger partial charge in [0.15, 0.2) is 5.13 Å². The maximum Gasteiger partial charge on any atom is 0.256 e. The molecule has 0 spiro atoms. The van der Waals surface area contributed by atoms with Crippen LogP contribution in [0.25, 0.3) is 10.2 Å². The van der Waals surface area contributed by atoms with Crippen LogP contribution < -0.4 is 9.64 Å². The van der Waals surface area contributed by atoms with Gasteiger partial charge in [-0.15, -0.1) is 0 Å². The molecule has 1 aromatic heterocycles. The Kier molecular flexibility index (Phi) is 5.46. The van der Waals surface area contributed by atoms with Crippen LogP contribution in [-0.2, 0) is 14.4 Å². The molecule has 1 fully saturated rings. The van der Waals surface area contributed by atoms with E-state index < -0.39 is 11.9 Å². The van der Waals surface area contributed by atoms with Crippen molar-refractivity contribution in [2.24, 2.45) is 11.8 Å². The molecule has 0 bridgehead atoms. The van der Waals surface area contributed by atoms with Crippen molar-refractivity contribution in [2.75, 3.05) is 12.0 Å². The molecule has 3 aromatic rings. The number of para-hydroxylation sites is 1. The number of benzene rings is 2. The summed E-state index contributed by atoms with van der Waals surface area (Å²) in [5, 5.41) is 0.472. The van der Waals surface area contributed by atoms with Gasteiger partial charge in [-0.05, 0) is 44.0 Å². The first kappa shape index (κ1) is 21.3. The molecule has 1 aliphatic carbocycles. The molecule has 2 unspecified atom stereocenters. The highest BCUT2D eigenvalue weighted by Gasteiger charge is 2.50. The summed E-state index contributed by atoms with van der Waals surface area (Å²) in [5.41, 5.74) is 1.33. The van der Waals surface area contributed by atoms with Gasteiger partial charge in [-0.2, -0.15) is 0 Å². The van der Waals surface area contributed by atoms with Gasteiger partial charge >= 0.3 is 0 Å². The molecule has 8 heteroatoms. The summed E-state index contributed by atoms with van der Waals surface area (Å²) in [5.74, 6) is -1.12. The van der Waals surface area contributed by atoms with Gasteiger partial charge in [-0.25, -0.2) is 4.98 Å². The monoisotopic (exact) mass is 461 g/mol. The third-order valence-corrected chi connectivity index (χ3v) is 7.31. The van der Waals surface area contributed by atoms with E-state index in [0.717, 1.165) is 15.1 Å². The van der Waals surface area contributed by atoms with Crippen molar-refractivity contribution in [2.45, 2.75) is 25.8 Å². The molecule has 0 N–H and O–H groups in total. The summed E-state index contributed by atoms with van der Waals surface area (Å²) < 4.78 is 6.29. The van der Waals surface area contributed by atoms with Crippen molar-refractivity contribution in [1.29, 1.82) is 0 Å². The van der Waals surface area contributed by atoms with Crippen molar-refractivity contribution in [3.8, 4) is 5.75 Å². The fourth-order valence-corrected chi connectivity index (χ4v) is 5.53. The maximum atomic E-state index is 13.9. The third kappa shape index (κ3) is 3.60. The lowest BCUT2D eigenvalue weighted by molar-refractivity contribution is -0.146. The number of allylic oxidation sites excluding steroid dienone is 2. The first-order valence-corrected chi connectivity index (χ1v) is 11.7. The van der Waals surface area contributed by atoms with Crippen LogP contribution in [0.5, 0.6) is 5.75 Å². The number of hydrogen-bond acceptors (Lipinski definition) is 6. The largest absolute Gasteiger partial charge is 0.497 e. The van der Waals surface area contributed by atoms with Crippen LogP contribution >= 0.6 is 11.3 Å². The summed E-state index contributed by atoms with van der Waals surface area (Å²) in [6.07, 6.45) is 4.94. The standard InChI is InChI=1S/C25H23N3O4S/c1-15(27-23(30)18-10-3-4-11-19(18)24(27)31)22(29)28(16-8-7-9-17(14-16)32-2)25-26-20-12-5-6-13-21(20)33-25/h3-9,12-15,18-19H,10-11H2,1-2H3/t15-,18?,19?/m0/s1. The molecule has 2 aromatic carbocycles. The fourth-order valence-electron chi connectivity index (χ4n) is 4.54. The highest BCUT2D eigenvalue weighted by molar-refractivity contribution is 7.22. The zero-order chi connectivity index (χ0) is 23.1. The Bertz CT molecular complexity index is 1220. The van der Waals surface area contributed by atoms with Crippen molar-refractivity contribution >= 4 is 50.1 Å². The highest BCUT2D eigenvalue weighted by Crippen LogP contribution is 2.39. The maximum absolute atomic E-state index is 13.9. The van der Waals surface area contributed by atoms with Crippen LogP contribution in [0.1, 0.15) is 19.8 Å². The minimum atomic E-state index is -0.964. The van der Waals surface area contributed by atoms with Crippen LogP contribution in [0.3, 0.4) is 0 Å². The number of hydrogen-bond donors (Lipinski definition) is 0. The van der Waals surface area contributed by atoms with Gasteiger partial charge in [0.2, 0.25) is 11.8 Å². The Hall–Kier alpha value is -3.52. The van der Waals surface area contributed by atoms with Gasteiger partial charge in [0.05, 0.1) is 34.8 Å². The Morgan fingerprint density at radius 1 is 1.09 bits per heavy atom. The Balaban J connectivity index is 1.55. The predicted molar refractivity (Wildman–Crippen MR) is 126 cm³/mol. The van der Waals surface area contributed by atoms with Crippen molar-refractivity contribution in [3.05, 3.63) is 60.7 Å². The van der Waals surface area contributed by atoms with Gasteiger partial charge in [0, 0.05) is 6.07 Å². The second-order valence-electron chi connectivity index (χ2n) is 8.22. The fraction of sp³-hybridized carbons (Fsp3) is 0.280.